The molecule has 0 unspecified atom stereocenters. The Hall–Kier alpha value is -4.05. The first-order valence-electron chi connectivity index (χ1n) is 14.0. The SMILES string of the molecule is Cc1c(F)c(F)c(F)c(S(=O)(=O)N2CC[C@@H]2C(=O)N(Cc2ccc(C3CCOCC3)cc2)c2ccc(C(=O)NO)c(O)c2)c1F. The van der Waals surface area contributed by atoms with E-state index in [1.165, 1.54) is 11.5 Å². The molecule has 0 saturated carbocycles. The van der Waals surface area contributed by atoms with Crippen LogP contribution in [0.4, 0.5) is 23.2 Å². The second-order valence-corrected chi connectivity index (χ2v) is 12.7. The Morgan fingerprint density at radius 1 is 0.978 bits per heavy atom. The number of amides is 2. The number of nitrogens with one attached hydrogen (secondary N) is 1. The molecule has 0 radical (unpaired) electrons. The number of phenols is 1. The molecule has 3 aromatic carbocycles. The minimum absolute atomic E-state index is 0.0331. The number of rotatable bonds is 8. The molecule has 3 N–H and O–H groups in total. The lowest BCUT2D eigenvalue weighted by molar-refractivity contribution is -0.125. The van der Waals surface area contributed by atoms with Crippen LogP contribution in [0, 0.1) is 30.2 Å². The standard InChI is InChI=1S/C30H29F4N3O7S/c1-16-24(31)26(33)27(34)28(25(16)32)45(42,43)37-11-8-22(37)30(40)36(20-6-7-21(23(38)14-20)29(39)35-41)15-17-2-4-18(5-3-17)19-9-12-44-13-10-19/h2-7,14,19,22,38,41H,8-13,15H2,1H3,(H,35,39)/t22-/m1/s1. The van der Waals surface area contributed by atoms with Crippen molar-refractivity contribution < 1.29 is 50.6 Å². The highest BCUT2D eigenvalue weighted by molar-refractivity contribution is 7.89. The number of ether oxygens (including phenoxy) is 1. The third kappa shape index (κ3) is 6.00. The van der Waals surface area contributed by atoms with Gasteiger partial charge in [-0.1, -0.05) is 24.3 Å². The largest absolute Gasteiger partial charge is 0.507 e. The number of hydrogen-bond acceptors (Lipinski definition) is 7. The number of anilines is 1. The van der Waals surface area contributed by atoms with Crippen molar-refractivity contribution in [3.63, 3.8) is 0 Å². The Balaban J connectivity index is 1.49. The molecule has 0 bridgehead atoms. The Kier molecular flexibility index (Phi) is 9.16. The first kappa shape index (κ1) is 32.3. The summed E-state index contributed by atoms with van der Waals surface area (Å²) in [6.45, 7) is 1.55. The van der Waals surface area contributed by atoms with Crippen LogP contribution in [0.1, 0.15) is 52.2 Å². The van der Waals surface area contributed by atoms with Crippen LogP contribution in [0.15, 0.2) is 47.4 Å². The van der Waals surface area contributed by atoms with Crippen molar-refractivity contribution in [3.8, 4) is 5.75 Å². The van der Waals surface area contributed by atoms with Crippen molar-refractivity contribution in [1.82, 2.24) is 9.79 Å². The van der Waals surface area contributed by atoms with E-state index in [0.29, 0.717) is 29.0 Å². The molecule has 0 aromatic heterocycles. The number of sulfonamides is 1. The summed E-state index contributed by atoms with van der Waals surface area (Å²) in [5.41, 5.74) is 1.74. The molecule has 5 rings (SSSR count). The van der Waals surface area contributed by atoms with E-state index in [2.05, 4.69) is 0 Å². The van der Waals surface area contributed by atoms with E-state index in [1.807, 2.05) is 12.1 Å². The molecule has 2 heterocycles. The molecular formula is C30H29F4N3O7S. The van der Waals surface area contributed by atoms with Crippen LogP contribution < -0.4 is 10.4 Å². The van der Waals surface area contributed by atoms with Gasteiger partial charge in [0.2, 0.25) is 15.9 Å². The summed E-state index contributed by atoms with van der Waals surface area (Å²) in [5.74, 6) is -10.3. The van der Waals surface area contributed by atoms with Gasteiger partial charge in [-0.15, -0.1) is 0 Å². The van der Waals surface area contributed by atoms with E-state index in [-0.39, 0.29) is 30.8 Å². The number of halogens is 4. The van der Waals surface area contributed by atoms with Gasteiger partial charge in [-0.25, -0.2) is 31.5 Å². The topological polar surface area (TPSA) is 136 Å². The zero-order valence-corrected chi connectivity index (χ0v) is 24.7. The van der Waals surface area contributed by atoms with Crippen molar-refractivity contribution in [2.45, 2.75) is 49.6 Å². The second-order valence-electron chi connectivity index (χ2n) is 10.8. The van der Waals surface area contributed by atoms with Crippen LogP contribution in [0.5, 0.6) is 5.75 Å². The molecule has 3 aromatic rings. The first-order valence-corrected chi connectivity index (χ1v) is 15.4. The zero-order valence-electron chi connectivity index (χ0n) is 23.9. The molecule has 2 aliphatic rings. The Bertz CT molecular complexity index is 1720. The number of nitrogens with zero attached hydrogens (tertiary/aromatic N) is 2. The van der Waals surface area contributed by atoms with Crippen molar-refractivity contribution in [3.05, 3.63) is 88.0 Å². The third-order valence-corrected chi connectivity index (χ3v) is 10.1. The van der Waals surface area contributed by atoms with Gasteiger partial charge in [0, 0.05) is 37.1 Å². The monoisotopic (exact) mass is 651 g/mol. The maximum atomic E-state index is 14.9. The van der Waals surface area contributed by atoms with Crippen LogP contribution in [0.25, 0.3) is 0 Å². The van der Waals surface area contributed by atoms with Crippen LogP contribution in [-0.2, 0) is 26.1 Å². The highest BCUT2D eigenvalue weighted by atomic mass is 32.2. The van der Waals surface area contributed by atoms with Crippen LogP contribution >= 0.6 is 0 Å². The lowest BCUT2D eigenvalue weighted by Gasteiger charge is -2.41. The van der Waals surface area contributed by atoms with Gasteiger partial charge < -0.3 is 14.7 Å². The fraction of sp³-hybridized carbons (Fsp3) is 0.333. The van der Waals surface area contributed by atoms with E-state index in [4.69, 9.17) is 9.94 Å². The van der Waals surface area contributed by atoms with Crippen molar-refractivity contribution in [2.75, 3.05) is 24.7 Å². The van der Waals surface area contributed by atoms with Gasteiger partial charge in [0.15, 0.2) is 28.2 Å². The molecule has 45 heavy (non-hydrogen) atoms. The summed E-state index contributed by atoms with van der Waals surface area (Å²) in [6.07, 6.45) is 1.63. The van der Waals surface area contributed by atoms with E-state index in [1.54, 1.807) is 12.1 Å². The molecule has 0 aliphatic carbocycles. The Morgan fingerprint density at radius 3 is 2.22 bits per heavy atom. The van der Waals surface area contributed by atoms with E-state index >= 15 is 0 Å². The fourth-order valence-corrected chi connectivity index (χ4v) is 7.30. The lowest BCUT2D eigenvalue weighted by Crippen LogP contribution is -2.59. The van der Waals surface area contributed by atoms with Crippen molar-refractivity contribution >= 4 is 27.5 Å². The van der Waals surface area contributed by atoms with Crippen molar-refractivity contribution in [2.24, 2.45) is 0 Å². The number of aromatic hydroxyl groups is 1. The second kappa shape index (κ2) is 12.7. The summed E-state index contributed by atoms with van der Waals surface area (Å²) < 4.78 is 90.2. The number of carbonyl (C=O) groups is 2. The van der Waals surface area contributed by atoms with E-state index < -0.39 is 67.4 Å². The number of hydroxylamine groups is 1. The zero-order chi connectivity index (χ0) is 32.6. The molecule has 15 heteroatoms. The number of phenolic OH excluding ortho intramolecular Hbond substituents is 1. The van der Waals surface area contributed by atoms with Crippen LogP contribution in [0.3, 0.4) is 0 Å². The van der Waals surface area contributed by atoms with Crippen LogP contribution in [-0.4, -0.2) is 60.7 Å². The minimum Gasteiger partial charge on any atom is -0.507 e. The average molecular weight is 652 g/mol. The van der Waals surface area contributed by atoms with E-state index in [0.717, 1.165) is 42.4 Å². The number of carbonyl (C=O) groups excluding carboxylic acids is 2. The molecule has 2 saturated heterocycles. The molecule has 0 spiro atoms. The molecule has 240 valence electrons. The van der Waals surface area contributed by atoms with Gasteiger partial charge in [0.1, 0.15) is 11.8 Å². The third-order valence-electron chi connectivity index (χ3n) is 8.18. The molecule has 10 nitrogen and oxygen atoms in total. The molecule has 2 amide bonds. The summed E-state index contributed by atoms with van der Waals surface area (Å²) in [4.78, 5) is 25.3. The minimum atomic E-state index is -5.17. The summed E-state index contributed by atoms with van der Waals surface area (Å²) >= 11 is 0. The highest BCUT2D eigenvalue weighted by Gasteiger charge is 2.47. The van der Waals surface area contributed by atoms with Crippen LogP contribution in [0.2, 0.25) is 0 Å². The Labute approximate surface area is 255 Å². The van der Waals surface area contributed by atoms with Gasteiger partial charge in [0.25, 0.3) is 5.91 Å². The van der Waals surface area contributed by atoms with Gasteiger partial charge in [-0.05, 0) is 55.4 Å². The van der Waals surface area contributed by atoms with Gasteiger partial charge in [-0.2, -0.15) is 4.31 Å². The van der Waals surface area contributed by atoms with Gasteiger partial charge in [0.05, 0.1) is 12.1 Å². The fourth-order valence-electron chi connectivity index (χ4n) is 5.49. The molecule has 1 atom stereocenters. The van der Waals surface area contributed by atoms with E-state index in [9.17, 15) is 40.7 Å². The normalized spacial score (nSPS) is 17.5. The first-order chi connectivity index (χ1) is 21.4. The quantitative estimate of drug-likeness (QED) is 0.109. The maximum Gasteiger partial charge on any atom is 0.278 e. The Morgan fingerprint density at radius 2 is 1.64 bits per heavy atom. The van der Waals surface area contributed by atoms with Crippen molar-refractivity contribution in [1.29, 1.82) is 0 Å². The predicted octanol–water partition coefficient (Wildman–Crippen LogP) is 4.27. The average Bonchev–Trinajstić information content (AvgIpc) is 3.01. The van der Waals surface area contributed by atoms with Gasteiger partial charge in [-0.3, -0.25) is 14.8 Å². The molecule has 2 fully saturated rings. The van der Waals surface area contributed by atoms with Gasteiger partial charge >= 0.3 is 0 Å². The highest BCUT2D eigenvalue weighted by Crippen LogP contribution is 2.36. The predicted molar refractivity (Wildman–Crippen MR) is 151 cm³/mol. The molecular weight excluding hydrogens is 622 g/mol. The summed E-state index contributed by atoms with van der Waals surface area (Å²) in [5, 5.41) is 19.4. The maximum absolute atomic E-state index is 14.9. The smallest absolute Gasteiger partial charge is 0.278 e. The lowest BCUT2D eigenvalue weighted by atomic mass is 9.91. The number of hydrogen-bond donors (Lipinski definition) is 3. The number of benzene rings is 3. The summed E-state index contributed by atoms with van der Waals surface area (Å²) in [7, 11) is -5.17. The molecule has 2 aliphatic heterocycles. The summed E-state index contributed by atoms with van der Waals surface area (Å²) in [6, 6.07) is 9.35.